The lowest BCUT2D eigenvalue weighted by molar-refractivity contribution is 0.588. The maximum absolute atomic E-state index is 11.2. The third-order valence-electron chi connectivity index (χ3n) is 1.57. The van der Waals surface area contributed by atoms with Gasteiger partial charge in [-0.25, -0.2) is 13.1 Å². The second kappa shape index (κ2) is 3.29. The van der Waals surface area contributed by atoms with Crippen molar-refractivity contribution in [2.75, 3.05) is 7.05 Å². The Hall–Kier alpha value is -0.805. The zero-order valence-electron chi connectivity index (χ0n) is 7.03. The molecule has 64 valence electrons. The van der Waals surface area contributed by atoms with E-state index in [-0.39, 0.29) is 0 Å². The third kappa shape index (κ3) is 1.87. The van der Waals surface area contributed by atoms with Crippen LogP contribution in [0.15, 0.2) is 29.2 Å². The van der Waals surface area contributed by atoms with Gasteiger partial charge < -0.3 is 0 Å². The molecule has 0 amide bonds. The van der Waals surface area contributed by atoms with Crippen molar-refractivity contribution in [2.45, 2.75) is 4.90 Å². The molecule has 0 aliphatic carbocycles. The Morgan fingerprint density at radius 2 is 2.08 bits per heavy atom. The van der Waals surface area contributed by atoms with Gasteiger partial charge in [0, 0.05) is 0 Å². The van der Waals surface area contributed by atoms with E-state index in [9.17, 15) is 8.42 Å². The van der Waals surface area contributed by atoms with Gasteiger partial charge in [0.15, 0.2) is 0 Å². The van der Waals surface area contributed by atoms with Crippen molar-refractivity contribution < 1.29 is 8.42 Å². The highest BCUT2D eigenvalue weighted by Gasteiger charge is 2.09. The number of rotatable bonds is 2. The van der Waals surface area contributed by atoms with Crippen LogP contribution in [-0.2, 0) is 10.0 Å². The Morgan fingerprint density at radius 1 is 1.42 bits per heavy atom. The van der Waals surface area contributed by atoms with E-state index in [0.717, 1.165) is 5.46 Å². The minimum Gasteiger partial charge on any atom is -0.214 e. The molecule has 0 fully saturated rings. The highest BCUT2D eigenvalue weighted by molar-refractivity contribution is 7.89. The van der Waals surface area contributed by atoms with E-state index in [1.807, 2.05) is 13.9 Å². The minimum absolute atomic E-state index is 0.310. The molecule has 1 aromatic carbocycles. The van der Waals surface area contributed by atoms with Crippen molar-refractivity contribution in [1.29, 1.82) is 0 Å². The van der Waals surface area contributed by atoms with Crippen LogP contribution in [0.5, 0.6) is 0 Å². The molecule has 0 aliphatic rings. The van der Waals surface area contributed by atoms with Crippen LogP contribution in [0.4, 0.5) is 0 Å². The second-order valence-corrected chi connectivity index (χ2v) is 4.41. The van der Waals surface area contributed by atoms with Crippen LogP contribution in [0, 0.1) is 0 Å². The second-order valence-electron chi connectivity index (χ2n) is 2.52. The summed E-state index contributed by atoms with van der Waals surface area (Å²) in [4.78, 5) is 0.310. The molecule has 0 saturated carbocycles. The molecule has 0 saturated heterocycles. The average molecular weight is 183 g/mol. The standard InChI is InChI=1S/C7H10BNO2S/c1-9-12(10,11)7-4-2-3-6(8)5-7/h2-5,9H,8H2,1H3. The predicted molar refractivity (Wildman–Crippen MR) is 50.9 cm³/mol. The topological polar surface area (TPSA) is 46.2 Å². The van der Waals surface area contributed by atoms with Crippen LogP contribution >= 0.6 is 0 Å². The van der Waals surface area contributed by atoms with Gasteiger partial charge in [-0.1, -0.05) is 17.6 Å². The van der Waals surface area contributed by atoms with Crippen LogP contribution in [0.1, 0.15) is 0 Å². The van der Waals surface area contributed by atoms with Crippen molar-refractivity contribution in [1.82, 2.24) is 4.72 Å². The molecule has 0 aromatic heterocycles. The number of benzene rings is 1. The normalized spacial score (nSPS) is 11.4. The Balaban J connectivity index is 3.21. The first kappa shape index (κ1) is 9.28. The van der Waals surface area contributed by atoms with Crippen LogP contribution in [-0.4, -0.2) is 23.3 Å². The van der Waals surface area contributed by atoms with Crippen LogP contribution in [0.25, 0.3) is 0 Å². The largest absolute Gasteiger partial charge is 0.240 e. The molecular formula is C7H10BNO2S. The molecule has 0 radical (unpaired) electrons. The summed E-state index contributed by atoms with van der Waals surface area (Å²) in [5, 5.41) is 0. The predicted octanol–water partition coefficient (Wildman–Crippen LogP) is -1.15. The molecule has 0 atom stereocenters. The van der Waals surface area contributed by atoms with Crippen molar-refractivity contribution >= 4 is 23.3 Å². The molecule has 1 aromatic rings. The lowest BCUT2D eigenvalue weighted by atomic mass is 9.97. The Morgan fingerprint density at radius 3 is 2.58 bits per heavy atom. The minimum atomic E-state index is -3.27. The van der Waals surface area contributed by atoms with Gasteiger partial charge in [0.25, 0.3) is 0 Å². The molecule has 5 heteroatoms. The quantitative estimate of drug-likeness (QED) is 0.588. The van der Waals surface area contributed by atoms with E-state index in [1.165, 1.54) is 7.05 Å². The van der Waals surface area contributed by atoms with Gasteiger partial charge in [0.05, 0.1) is 4.90 Å². The number of nitrogens with one attached hydrogen (secondary N) is 1. The first-order valence-corrected chi connectivity index (χ1v) is 5.05. The van der Waals surface area contributed by atoms with Crippen LogP contribution in [0.3, 0.4) is 0 Å². The summed E-state index contributed by atoms with van der Waals surface area (Å²) < 4.78 is 24.7. The van der Waals surface area contributed by atoms with Crippen molar-refractivity contribution in [3.8, 4) is 0 Å². The van der Waals surface area contributed by atoms with Gasteiger partial charge in [0.2, 0.25) is 10.0 Å². The zero-order valence-corrected chi connectivity index (χ0v) is 7.85. The SMILES string of the molecule is Bc1cccc(S(=O)(=O)NC)c1. The molecule has 3 nitrogen and oxygen atoms in total. The zero-order chi connectivity index (χ0) is 9.19. The van der Waals surface area contributed by atoms with Gasteiger partial charge in [-0.05, 0) is 19.2 Å². The molecular weight excluding hydrogens is 173 g/mol. The summed E-state index contributed by atoms with van der Waals surface area (Å²) in [7, 11) is -0.0144. The van der Waals surface area contributed by atoms with Gasteiger partial charge in [-0.3, -0.25) is 0 Å². The molecule has 0 aliphatic heterocycles. The smallest absolute Gasteiger partial charge is 0.214 e. The fourth-order valence-electron chi connectivity index (χ4n) is 0.900. The molecule has 1 N–H and O–H groups in total. The Bertz CT molecular complexity index is 375. The Kier molecular flexibility index (Phi) is 2.54. The summed E-state index contributed by atoms with van der Waals surface area (Å²) in [6, 6.07) is 6.78. The molecule has 0 heterocycles. The van der Waals surface area contributed by atoms with Crippen molar-refractivity contribution in [2.24, 2.45) is 0 Å². The molecule has 0 unspecified atom stereocenters. The number of sulfonamides is 1. The first-order chi connectivity index (χ1) is 5.56. The summed E-state index contributed by atoms with van der Waals surface area (Å²) in [6.45, 7) is 0. The molecule has 1 rings (SSSR count). The summed E-state index contributed by atoms with van der Waals surface area (Å²) in [6.07, 6.45) is 0. The van der Waals surface area contributed by atoms with E-state index in [4.69, 9.17) is 0 Å². The van der Waals surface area contributed by atoms with Crippen LogP contribution < -0.4 is 10.2 Å². The molecule has 0 bridgehead atoms. The van der Waals surface area contributed by atoms with Crippen molar-refractivity contribution in [3.05, 3.63) is 24.3 Å². The number of hydrogen-bond acceptors (Lipinski definition) is 2. The van der Waals surface area contributed by atoms with Crippen molar-refractivity contribution in [3.63, 3.8) is 0 Å². The number of hydrogen-bond donors (Lipinski definition) is 1. The van der Waals surface area contributed by atoms with Gasteiger partial charge in [0.1, 0.15) is 7.85 Å². The fraction of sp³-hybridized carbons (Fsp3) is 0.143. The van der Waals surface area contributed by atoms with E-state index in [1.54, 1.807) is 18.2 Å². The maximum Gasteiger partial charge on any atom is 0.240 e. The fourth-order valence-corrected chi connectivity index (χ4v) is 1.73. The monoisotopic (exact) mass is 183 g/mol. The Labute approximate surface area is 73.3 Å². The summed E-state index contributed by atoms with van der Waals surface area (Å²) in [5.41, 5.74) is 0.936. The summed E-state index contributed by atoms with van der Waals surface area (Å²) >= 11 is 0. The molecule has 0 spiro atoms. The van der Waals surface area contributed by atoms with Gasteiger partial charge >= 0.3 is 0 Å². The highest BCUT2D eigenvalue weighted by Crippen LogP contribution is 2.03. The van der Waals surface area contributed by atoms with Crippen LogP contribution in [0.2, 0.25) is 0 Å². The first-order valence-electron chi connectivity index (χ1n) is 3.56. The van der Waals surface area contributed by atoms with Gasteiger partial charge in [-0.15, -0.1) is 0 Å². The van der Waals surface area contributed by atoms with E-state index in [2.05, 4.69) is 4.72 Å². The highest BCUT2D eigenvalue weighted by atomic mass is 32.2. The van der Waals surface area contributed by atoms with Gasteiger partial charge in [-0.2, -0.15) is 0 Å². The van der Waals surface area contributed by atoms with E-state index in [0.29, 0.717) is 4.90 Å². The molecule has 12 heavy (non-hydrogen) atoms. The lowest BCUT2D eigenvalue weighted by Gasteiger charge is -2.02. The maximum atomic E-state index is 11.2. The summed E-state index contributed by atoms with van der Waals surface area (Å²) in [5.74, 6) is 0. The lowest BCUT2D eigenvalue weighted by Crippen LogP contribution is -2.20. The average Bonchev–Trinajstić information content (AvgIpc) is 2.05. The third-order valence-corrected chi connectivity index (χ3v) is 2.98. The van der Waals surface area contributed by atoms with E-state index >= 15 is 0 Å². The van der Waals surface area contributed by atoms with E-state index < -0.39 is 10.0 Å².